The van der Waals surface area contributed by atoms with E-state index >= 15 is 0 Å². The molecule has 0 saturated heterocycles. The highest BCUT2D eigenvalue weighted by molar-refractivity contribution is 7.10. The van der Waals surface area contributed by atoms with Crippen molar-refractivity contribution in [2.24, 2.45) is 0 Å². The lowest BCUT2D eigenvalue weighted by Gasteiger charge is -2.16. The quantitative estimate of drug-likeness (QED) is 0.839. The Bertz CT molecular complexity index is 478. The minimum atomic E-state index is 0.238. The van der Waals surface area contributed by atoms with Crippen LogP contribution in [0.2, 0.25) is 5.02 Å². The second-order valence-corrected chi connectivity index (χ2v) is 5.68. The Labute approximate surface area is 117 Å². The molecule has 0 saturated carbocycles. The number of rotatable bonds is 6. The standard InChI is InChI=1S/C14H18ClNOS/c1-3-6-16-12(8-11-5-4-7-17-11)14-13(15)10(2)9-18-14/h4-5,7,9,12,16H,3,6,8H2,1-2H3. The summed E-state index contributed by atoms with van der Waals surface area (Å²) in [6.45, 7) is 5.20. The maximum Gasteiger partial charge on any atom is 0.105 e. The van der Waals surface area contributed by atoms with Crippen LogP contribution in [-0.4, -0.2) is 6.54 Å². The molecular formula is C14H18ClNOS. The van der Waals surface area contributed by atoms with Crippen LogP contribution in [0, 0.1) is 6.92 Å². The van der Waals surface area contributed by atoms with Gasteiger partial charge in [-0.05, 0) is 43.0 Å². The number of thiophene rings is 1. The van der Waals surface area contributed by atoms with E-state index in [0.717, 1.165) is 35.7 Å². The van der Waals surface area contributed by atoms with Gasteiger partial charge in [0.1, 0.15) is 5.76 Å². The molecule has 1 unspecified atom stereocenters. The molecule has 2 rings (SSSR count). The second kappa shape index (κ2) is 6.41. The first kappa shape index (κ1) is 13.7. The summed E-state index contributed by atoms with van der Waals surface area (Å²) in [6.07, 6.45) is 3.66. The Morgan fingerprint density at radius 2 is 2.33 bits per heavy atom. The average Bonchev–Trinajstić information content (AvgIpc) is 2.97. The lowest BCUT2D eigenvalue weighted by molar-refractivity contribution is 0.452. The van der Waals surface area contributed by atoms with E-state index in [0.29, 0.717) is 0 Å². The maximum absolute atomic E-state index is 6.36. The highest BCUT2D eigenvalue weighted by atomic mass is 35.5. The van der Waals surface area contributed by atoms with Crippen LogP contribution in [0.25, 0.3) is 0 Å². The summed E-state index contributed by atoms with van der Waals surface area (Å²) in [6, 6.07) is 4.17. The van der Waals surface area contributed by atoms with E-state index in [-0.39, 0.29) is 6.04 Å². The fourth-order valence-corrected chi connectivity index (χ4v) is 3.29. The van der Waals surface area contributed by atoms with Crippen LogP contribution in [0.1, 0.15) is 35.6 Å². The van der Waals surface area contributed by atoms with Crippen LogP contribution in [0.3, 0.4) is 0 Å². The second-order valence-electron chi connectivity index (χ2n) is 4.39. The third-order valence-electron chi connectivity index (χ3n) is 2.87. The summed E-state index contributed by atoms with van der Waals surface area (Å²) in [5, 5.41) is 6.54. The fourth-order valence-electron chi connectivity index (χ4n) is 1.89. The first-order valence-electron chi connectivity index (χ1n) is 6.21. The molecule has 18 heavy (non-hydrogen) atoms. The SMILES string of the molecule is CCCNC(Cc1ccco1)c1scc(C)c1Cl. The zero-order valence-corrected chi connectivity index (χ0v) is 12.3. The molecule has 0 fully saturated rings. The molecule has 4 heteroatoms. The van der Waals surface area contributed by atoms with E-state index in [4.69, 9.17) is 16.0 Å². The van der Waals surface area contributed by atoms with Gasteiger partial charge in [0.05, 0.1) is 17.3 Å². The summed E-state index contributed by atoms with van der Waals surface area (Å²) in [5.74, 6) is 0.991. The molecule has 0 aliphatic heterocycles. The smallest absolute Gasteiger partial charge is 0.105 e. The van der Waals surface area contributed by atoms with Crippen molar-refractivity contribution >= 4 is 22.9 Å². The van der Waals surface area contributed by atoms with Crippen molar-refractivity contribution in [3.63, 3.8) is 0 Å². The van der Waals surface area contributed by atoms with Crippen molar-refractivity contribution in [1.82, 2.24) is 5.32 Å². The number of halogens is 1. The molecule has 0 aliphatic carbocycles. The molecule has 98 valence electrons. The average molecular weight is 284 g/mol. The predicted molar refractivity (Wildman–Crippen MR) is 77.5 cm³/mol. The van der Waals surface area contributed by atoms with Crippen molar-refractivity contribution in [1.29, 1.82) is 0 Å². The van der Waals surface area contributed by atoms with Crippen molar-refractivity contribution in [2.75, 3.05) is 6.54 Å². The van der Waals surface area contributed by atoms with Crippen LogP contribution in [0.15, 0.2) is 28.2 Å². The van der Waals surface area contributed by atoms with Gasteiger partial charge in [0, 0.05) is 11.3 Å². The molecule has 2 nitrogen and oxygen atoms in total. The van der Waals surface area contributed by atoms with Gasteiger partial charge in [-0.15, -0.1) is 11.3 Å². The molecule has 0 radical (unpaired) electrons. The number of furan rings is 1. The topological polar surface area (TPSA) is 25.2 Å². The van der Waals surface area contributed by atoms with E-state index in [1.165, 1.54) is 4.88 Å². The molecule has 0 aliphatic rings. The molecule has 1 atom stereocenters. The van der Waals surface area contributed by atoms with E-state index in [1.807, 2.05) is 19.1 Å². The first-order chi connectivity index (χ1) is 8.72. The van der Waals surface area contributed by atoms with Crippen LogP contribution in [0.5, 0.6) is 0 Å². The van der Waals surface area contributed by atoms with Gasteiger partial charge >= 0.3 is 0 Å². The zero-order valence-electron chi connectivity index (χ0n) is 10.7. The minimum absolute atomic E-state index is 0.238. The van der Waals surface area contributed by atoms with Gasteiger partial charge < -0.3 is 9.73 Å². The van der Waals surface area contributed by atoms with Gasteiger partial charge in [0.25, 0.3) is 0 Å². The number of aryl methyl sites for hydroxylation is 1. The maximum atomic E-state index is 6.36. The Morgan fingerprint density at radius 3 is 2.89 bits per heavy atom. The Morgan fingerprint density at radius 1 is 1.50 bits per heavy atom. The lowest BCUT2D eigenvalue weighted by Crippen LogP contribution is -2.23. The van der Waals surface area contributed by atoms with Gasteiger partial charge in [0.15, 0.2) is 0 Å². The van der Waals surface area contributed by atoms with Crippen molar-refractivity contribution in [3.05, 3.63) is 45.0 Å². The summed E-state index contributed by atoms with van der Waals surface area (Å²) in [5.41, 5.74) is 1.15. The summed E-state index contributed by atoms with van der Waals surface area (Å²) in [4.78, 5) is 1.21. The zero-order chi connectivity index (χ0) is 13.0. The van der Waals surface area contributed by atoms with Gasteiger partial charge in [0.2, 0.25) is 0 Å². The third kappa shape index (κ3) is 3.16. The molecule has 0 aromatic carbocycles. The number of nitrogens with one attached hydrogen (secondary N) is 1. The van der Waals surface area contributed by atoms with Gasteiger partial charge in [-0.1, -0.05) is 18.5 Å². The summed E-state index contributed by atoms with van der Waals surface area (Å²) in [7, 11) is 0. The van der Waals surface area contributed by atoms with Gasteiger partial charge in [-0.3, -0.25) is 0 Å². The molecular weight excluding hydrogens is 266 g/mol. The summed E-state index contributed by atoms with van der Waals surface area (Å²) < 4.78 is 5.43. The molecule has 0 spiro atoms. The molecule has 1 N–H and O–H groups in total. The van der Waals surface area contributed by atoms with Gasteiger partial charge in [-0.2, -0.15) is 0 Å². The van der Waals surface area contributed by atoms with E-state index in [9.17, 15) is 0 Å². The monoisotopic (exact) mass is 283 g/mol. The molecule has 2 heterocycles. The largest absolute Gasteiger partial charge is 0.469 e. The molecule has 2 aromatic rings. The van der Waals surface area contributed by atoms with E-state index in [1.54, 1.807) is 17.6 Å². The molecule has 2 aromatic heterocycles. The van der Waals surface area contributed by atoms with Crippen LogP contribution >= 0.6 is 22.9 Å². The van der Waals surface area contributed by atoms with Crippen LogP contribution in [-0.2, 0) is 6.42 Å². The van der Waals surface area contributed by atoms with E-state index < -0.39 is 0 Å². The van der Waals surface area contributed by atoms with Crippen molar-refractivity contribution in [3.8, 4) is 0 Å². The first-order valence-corrected chi connectivity index (χ1v) is 7.47. The lowest BCUT2D eigenvalue weighted by atomic mass is 10.1. The highest BCUT2D eigenvalue weighted by Gasteiger charge is 2.19. The Hall–Kier alpha value is -0.770. The molecule has 0 bridgehead atoms. The van der Waals surface area contributed by atoms with Crippen LogP contribution in [0.4, 0.5) is 0 Å². The summed E-state index contributed by atoms with van der Waals surface area (Å²) >= 11 is 8.08. The Kier molecular flexibility index (Phi) is 4.87. The fraction of sp³-hybridized carbons (Fsp3) is 0.429. The van der Waals surface area contributed by atoms with Crippen LogP contribution < -0.4 is 5.32 Å². The van der Waals surface area contributed by atoms with Crippen molar-refractivity contribution in [2.45, 2.75) is 32.7 Å². The third-order valence-corrected chi connectivity index (χ3v) is 4.70. The highest BCUT2D eigenvalue weighted by Crippen LogP contribution is 2.34. The number of hydrogen-bond donors (Lipinski definition) is 1. The number of hydrogen-bond acceptors (Lipinski definition) is 3. The predicted octanol–water partition coefficient (Wildman–Crippen LogP) is 4.59. The normalized spacial score (nSPS) is 12.8. The van der Waals surface area contributed by atoms with Crippen molar-refractivity contribution < 1.29 is 4.42 Å². The Balaban J connectivity index is 2.16. The van der Waals surface area contributed by atoms with Gasteiger partial charge in [-0.25, -0.2) is 0 Å². The van der Waals surface area contributed by atoms with E-state index in [2.05, 4.69) is 17.6 Å². The molecule has 0 amide bonds. The minimum Gasteiger partial charge on any atom is -0.469 e.